The molecular formula is C20H34N2O5. The van der Waals surface area contributed by atoms with Crippen LogP contribution in [0.1, 0.15) is 60.3 Å². The fourth-order valence-electron chi connectivity index (χ4n) is 3.91. The van der Waals surface area contributed by atoms with Crippen LogP contribution in [-0.4, -0.2) is 43.8 Å². The molecule has 1 aliphatic rings. The van der Waals surface area contributed by atoms with Gasteiger partial charge in [-0.1, -0.05) is 34.3 Å². The first-order valence-electron chi connectivity index (χ1n) is 9.49. The molecule has 0 saturated heterocycles. The van der Waals surface area contributed by atoms with Gasteiger partial charge in [0.25, 0.3) is 0 Å². The molecule has 1 saturated carbocycles. The summed E-state index contributed by atoms with van der Waals surface area (Å²) < 4.78 is 9.99. The summed E-state index contributed by atoms with van der Waals surface area (Å²) >= 11 is 0. The third kappa shape index (κ3) is 8.45. The van der Waals surface area contributed by atoms with E-state index in [1.165, 1.54) is 0 Å². The molecule has 0 bridgehead atoms. The van der Waals surface area contributed by atoms with Gasteiger partial charge in [0.2, 0.25) is 5.91 Å². The van der Waals surface area contributed by atoms with Gasteiger partial charge in [0.05, 0.1) is 0 Å². The Kier molecular flexibility index (Phi) is 8.31. The molecule has 7 nitrogen and oxygen atoms in total. The zero-order chi connectivity index (χ0) is 20.7. The Morgan fingerprint density at radius 1 is 1.11 bits per heavy atom. The second-order valence-corrected chi connectivity index (χ2v) is 8.58. The zero-order valence-corrected chi connectivity index (χ0v) is 17.3. The summed E-state index contributed by atoms with van der Waals surface area (Å²) in [6, 6.07) is -0.0391. The maximum Gasteiger partial charge on any atom is 0.407 e. The van der Waals surface area contributed by atoms with E-state index in [0.717, 1.165) is 19.3 Å². The monoisotopic (exact) mass is 382 g/mol. The number of esters is 1. The van der Waals surface area contributed by atoms with Crippen molar-refractivity contribution in [3.8, 4) is 0 Å². The highest BCUT2D eigenvalue weighted by atomic mass is 16.6. The summed E-state index contributed by atoms with van der Waals surface area (Å²) in [5, 5.41) is 5.89. The summed E-state index contributed by atoms with van der Waals surface area (Å²) in [4.78, 5) is 34.9. The van der Waals surface area contributed by atoms with Crippen LogP contribution < -0.4 is 10.6 Å². The molecule has 0 radical (unpaired) electrons. The average Bonchev–Trinajstić information content (AvgIpc) is 2.54. The van der Waals surface area contributed by atoms with Crippen LogP contribution >= 0.6 is 0 Å². The third-order valence-electron chi connectivity index (χ3n) is 4.70. The lowest BCUT2D eigenvalue weighted by Crippen LogP contribution is -2.50. The van der Waals surface area contributed by atoms with Gasteiger partial charge in [-0.25, -0.2) is 9.59 Å². The van der Waals surface area contributed by atoms with Crippen molar-refractivity contribution in [1.29, 1.82) is 0 Å². The fourth-order valence-corrected chi connectivity index (χ4v) is 3.91. The number of hydrogen-bond donors (Lipinski definition) is 2. The Hall–Kier alpha value is -2.05. The lowest BCUT2D eigenvalue weighted by molar-refractivity contribution is -0.139. The smallest absolute Gasteiger partial charge is 0.407 e. The number of rotatable bonds is 8. The minimum Gasteiger partial charge on any atom is -0.459 e. The molecule has 2 atom stereocenters. The van der Waals surface area contributed by atoms with Gasteiger partial charge in [-0.05, 0) is 37.0 Å². The number of ether oxygens (including phenoxy) is 2. The second kappa shape index (κ2) is 9.76. The lowest BCUT2D eigenvalue weighted by Gasteiger charge is -2.46. The van der Waals surface area contributed by atoms with Crippen molar-refractivity contribution in [3.05, 3.63) is 12.2 Å². The van der Waals surface area contributed by atoms with E-state index in [4.69, 9.17) is 9.47 Å². The first-order valence-corrected chi connectivity index (χ1v) is 9.49. The topological polar surface area (TPSA) is 93.7 Å². The van der Waals surface area contributed by atoms with Crippen molar-refractivity contribution in [2.24, 2.45) is 10.8 Å². The minimum absolute atomic E-state index is 0.00393. The molecule has 0 aromatic heterocycles. The molecule has 2 unspecified atom stereocenters. The van der Waals surface area contributed by atoms with E-state index in [0.29, 0.717) is 18.5 Å². The lowest BCUT2D eigenvalue weighted by atomic mass is 9.62. The maximum atomic E-state index is 12.1. The van der Waals surface area contributed by atoms with Crippen LogP contribution in [0.25, 0.3) is 0 Å². The van der Waals surface area contributed by atoms with Gasteiger partial charge in [0.15, 0.2) is 0 Å². The summed E-state index contributed by atoms with van der Waals surface area (Å²) in [7, 11) is 0. The van der Waals surface area contributed by atoms with Gasteiger partial charge in [-0.3, -0.25) is 4.79 Å². The van der Waals surface area contributed by atoms with Crippen LogP contribution in [0, 0.1) is 10.8 Å². The molecule has 7 heteroatoms. The molecular weight excluding hydrogens is 348 g/mol. The first kappa shape index (κ1) is 23.0. The van der Waals surface area contributed by atoms with Crippen LogP contribution in [-0.2, 0) is 19.1 Å². The Labute approximate surface area is 162 Å². The summed E-state index contributed by atoms with van der Waals surface area (Å²) in [5.41, 5.74) is 0.249. The van der Waals surface area contributed by atoms with Crippen molar-refractivity contribution >= 4 is 18.0 Å². The molecule has 1 fully saturated rings. The quantitative estimate of drug-likeness (QED) is 0.382. The number of alkyl carbamates (subject to hydrolysis) is 1. The maximum absolute atomic E-state index is 12.1. The molecule has 1 aliphatic carbocycles. The van der Waals surface area contributed by atoms with Crippen molar-refractivity contribution in [3.63, 3.8) is 0 Å². The zero-order valence-electron chi connectivity index (χ0n) is 17.3. The van der Waals surface area contributed by atoms with Gasteiger partial charge in [0.1, 0.15) is 13.2 Å². The van der Waals surface area contributed by atoms with Gasteiger partial charge >= 0.3 is 12.1 Å². The number of nitrogens with one attached hydrogen (secondary N) is 2. The molecule has 0 aromatic carbocycles. The van der Waals surface area contributed by atoms with E-state index in [1.807, 2.05) is 6.92 Å². The van der Waals surface area contributed by atoms with Crippen LogP contribution in [0.4, 0.5) is 4.79 Å². The number of hydrogen-bond acceptors (Lipinski definition) is 5. The van der Waals surface area contributed by atoms with Crippen molar-refractivity contribution in [2.75, 3.05) is 19.8 Å². The van der Waals surface area contributed by atoms with E-state index in [9.17, 15) is 14.4 Å². The highest BCUT2D eigenvalue weighted by molar-refractivity contribution is 5.86. The third-order valence-corrected chi connectivity index (χ3v) is 4.70. The molecule has 0 spiro atoms. The second-order valence-electron chi connectivity index (χ2n) is 8.58. The van der Waals surface area contributed by atoms with Gasteiger partial charge in [-0.2, -0.15) is 0 Å². The van der Waals surface area contributed by atoms with Crippen LogP contribution in [0.5, 0.6) is 0 Å². The van der Waals surface area contributed by atoms with Crippen molar-refractivity contribution < 1.29 is 23.9 Å². The summed E-state index contributed by atoms with van der Waals surface area (Å²) in [6.07, 6.45) is 2.51. The average molecular weight is 383 g/mol. The molecule has 154 valence electrons. The number of amides is 2. The molecule has 1 rings (SSSR count). The van der Waals surface area contributed by atoms with Crippen molar-refractivity contribution in [2.45, 2.75) is 66.3 Å². The first-order chi connectivity index (χ1) is 12.5. The minimum atomic E-state index is -0.524. The summed E-state index contributed by atoms with van der Waals surface area (Å²) in [5.74, 6) is -0.467. The fraction of sp³-hybridized carbons (Fsp3) is 0.750. The summed E-state index contributed by atoms with van der Waals surface area (Å²) in [6.45, 7) is 13.9. The van der Waals surface area contributed by atoms with E-state index in [2.05, 4.69) is 38.0 Å². The van der Waals surface area contributed by atoms with Gasteiger partial charge < -0.3 is 20.1 Å². The Morgan fingerprint density at radius 3 is 2.33 bits per heavy atom. The van der Waals surface area contributed by atoms with Crippen LogP contribution in [0.3, 0.4) is 0 Å². The standard InChI is InChI=1S/C20H34N2O5/c1-7-16(23)21-13-20(6)11-15(10-19(4,5)12-20)22-18(25)27-9-8-26-17(24)14(2)3/h15H,2,7-13H2,1,3-6H3,(H,21,23)(H,22,25). The largest absolute Gasteiger partial charge is 0.459 e. The molecule has 2 N–H and O–H groups in total. The Bertz CT molecular complexity index is 573. The Morgan fingerprint density at radius 2 is 1.74 bits per heavy atom. The van der Waals surface area contributed by atoms with E-state index in [-0.39, 0.29) is 36.0 Å². The van der Waals surface area contributed by atoms with Gasteiger partial charge in [0, 0.05) is 24.6 Å². The highest BCUT2D eigenvalue weighted by Crippen LogP contribution is 2.45. The van der Waals surface area contributed by atoms with Crippen LogP contribution in [0.15, 0.2) is 12.2 Å². The normalized spacial score (nSPS) is 23.8. The van der Waals surface area contributed by atoms with E-state index in [1.54, 1.807) is 6.92 Å². The molecule has 0 aromatic rings. The number of carbonyl (C=O) groups excluding carboxylic acids is 3. The molecule has 2 amide bonds. The Balaban J connectivity index is 2.50. The van der Waals surface area contributed by atoms with Crippen LogP contribution in [0.2, 0.25) is 0 Å². The predicted molar refractivity (Wildman–Crippen MR) is 103 cm³/mol. The highest BCUT2D eigenvalue weighted by Gasteiger charge is 2.41. The molecule has 0 aliphatic heterocycles. The van der Waals surface area contributed by atoms with E-state index < -0.39 is 12.1 Å². The van der Waals surface area contributed by atoms with E-state index >= 15 is 0 Å². The SMILES string of the molecule is C=C(C)C(=O)OCCOC(=O)NC1CC(C)(C)CC(C)(CNC(=O)CC)C1. The van der Waals surface area contributed by atoms with Crippen molar-refractivity contribution in [1.82, 2.24) is 10.6 Å². The predicted octanol–water partition coefficient (Wildman–Crippen LogP) is 2.94. The van der Waals surface area contributed by atoms with Gasteiger partial charge in [-0.15, -0.1) is 0 Å². The molecule has 27 heavy (non-hydrogen) atoms. The number of carbonyl (C=O) groups is 3. The molecule has 0 heterocycles.